The van der Waals surface area contributed by atoms with Crippen molar-refractivity contribution in [3.8, 4) is 5.75 Å². The van der Waals surface area contributed by atoms with Crippen LogP contribution in [0.5, 0.6) is 5.75 Å². The van der Waals surface area contributed by atoms with E-state index in [0.717, 1.165) is 11.8 Å². The summed E-state index contributed by atoms with van der Waals surface area (Å²) in [6.07, 6.45) is 1.16. The molecular formula is C16H18N2O4S. The van der Waals surface area contributed by atoms with Crippen molar-refractivity contribution in [3.05, 3.63) is 60.2 Å². The molecule has 0 unspecified atom stereocenters. The summed E-state index contributed by atoms with van der Waals surface area (Å²) >= 11 is 0. The minimum Gasteiger partial charge on any atom is -0.484 e. The average molecular weight is 334 g/mol. The van der Waals surface area contributed by atoms with Gasteiger partial charge in [0.15, 0.2) is 6.61 Å². The molecule has 0 bridgehead atoms. The van der Waals surface area contributed by atoms with Crippen molar-refractivity contribution >= 4 is 21.6 Å². The number of hydrogen-bond donors (Lipinski definition) is 1. The Balaban J connectivity index is 2.21. The van der Waals surface area contributed by atoms with Gasteiger partial charge in [-0.15, -0.1) is 0 Å². The molecule has 2 N–H and O–H groups in total. The zero-order chi connectivity index (χ0) is 16.9. The van der Waals surface area contributed by atoms with E-state index in [0.29, 0.717) is 11.4 Å². The lowest BCUT2D eigenvalue weighted by atomic mass is 10.2. The number of benzene rings is 2. The molecule has 2 aromatic rings. The molecule has 0 aliphatic rings. The van der Waals surface area contributed by atoms with Crippen LogP contribution in [0, 0.1) is 0 Å². The zero-order valence-electron chi connectivity index (χ0n) is 12.7. The Morgan fingerprint density at radius 3 is 2.22 bits per heavy atom. The Morgan fingerprint density at radius 1 is 1.09 bits per heavy atom. The highest BCUT2D eigenvalue weighted by atomic mass is 32.2. The number of rotatable bonds is 7. The second-order valence-electron chi connectivity index (χ2n) is 5.00. The van der Waals surface area contributed by atoms with Gasteiger partial charge in [0, 0.05) is 0 Å². The molecule has 0 aliphatic carbocycles. The van der Waals surface area contributed by atoms with E-state index in [1.165, 1.54) is 4.31 Å². The molecule has 0 radical (unpaired) electrons. The Morgan fingerprint density at radius 2 is 1.70 bits per heavy atom. The van der Waals surface area contributed by atoms with Crippen LogP contribution in [0.25, 0.3) is 0 Å². The first kappa shape index (κ1) is 16.8. The number of sulfonamides is 1. The molecule has 0 atom stereocenters. The van der Waals surface area contributed by atoms with Crippen LogP contribution in [-0.2, 0) is 21.4 Å². The van der Waals surface area contributed by atoms with E-state index in [2.05, 4.69) is 0 Å². The quantitative estimate of drug-likeness (QED) is 0.831. The van der Waals surface area contributed by atoms with E-state index in [4.69, 9.17) is 10.5 Å². The fraction of sp³-hybridized carbons (Fsp3) is 0.188. The number of nitrogens with zero attached hydrogens (tertiary/aromatic N) is 1. The van der Waals surface area contributed by atoms with Crippen LogP contribution in [0.4, 0.5) is 5.69 Å². The van der Waals surface area contributed by atoms with Gasteiger partial charge in [0.05, 0.1) is 18.5 Å². The summed E-state index contributed by atoms with van der Waals surface area (Å²) in [4.78, 5) is 10.7. The van der Waals surface area contributed by atoms with E-state index in [1.54, 1.807) is 24.3 Å². The molecule has 0 aromatic heterocycles. The Labute approximate surface area is 135 Å². The van der Waals surface area contributed by atoms with Gasteiger partial charge in [0.25, 0.3) is 5.91 Å². The summed E-state index contributed by atoms with van der Waals surface area (Å²) < 4.78 is 30.6. The highest BCUT2D eigenvalue weighted by molar-refractivity contribution is 7.92. The summed E-state index contributed by atoms with van der Waals surface area (Å²) in [7, 11) is -3.44. The monoisotopic (exact) mass is 334 g/mol. The van der Waals surface area contributed by atoms with Crippen LogP contribution in [0.3, 0.4) is 0 Å². The second kappa shape index (κ2) is 7.15. The van der Waals surface area contributed by atoms with Crippen molar-refractivity contribution in [2.45, 2.75) is 6.54 Å². The smallest absolute Gasteiger partial charge is 0.255 e. The third-order valence-corrected chi connectivity index (χ3v) is 4.22. The zero-order valence-corrected chi connectivity index (χ0v) is 13.5. The third kappa shape index (κ3) is 5.00. The SMILES string of the molecule is CS(=O)(=O)N(Cc1ccccc1)c1ccc(OCC(N)=O)cc1. The Hall–Kier alpha value is -2.54. The first-order chi connectivity index (χ1) is 10.9. The van der Waals surface area contributed by atoms with E-state index < -0.39 is 15.9 Å². The van der Waals surface area contributed by atoms with E-state index in [9.17, 15) is 13.2 Å². The maximum Gasteiger partial charge on any atom is 0.255 e. The van der Waals surface area contributed by atoms with Gasteiger partial charge in [0.2, 0.25) is 10.0 Å². The van der Waals surface area contributed by atoms with Crippen LogP contribution in [0.1, 0.15) is 5.56 Å². The Bertz CT molecular complexity index is 758. The number of nitrogens with two attached hydrogens (primary N) is 1. The molecule has 0 fully saturated rings. The van der Waals surface area contributed by atoms with Crippen molar-refractivity contribution in [3.63, 3.8) is 0 Å². The molecule has 0 saturated carbocycles. The first-order valence-electron chi connectivity index (χ1n) is 6.89. The van der Waals surface area contributed by atoms with Crippen molar-refractivity contribution in [2.75, 3.05) is 17.2 Å². The van der Waals surface area contributed by atoms with Crippen LogP contribution in [0.2, 0.25) is 0 Å². The normalized spacial score (nSPS) is 11.0. The number of primary amides is 1. The van der Waals surface area contributed by atoms with Gasteiger partial charge < -0.3 is 10.5 Å². The van der Waals surface area contributed by atoms with Gasteiger partial charge in [-0.25, -0.2) is 8.42 Å². The van der Waals surface area contributed by atoms with Gasteiger partial charge in [-0.05, 0) is 29.8 Å². The predicted octanol–water partition coefficient (Wildman–Crippen LogP) is 1.52. The lowest BCUT2D eigenvalue weighted by Gasteiger charge is -2.22. The second-order valence-corrected chi connectivity index (χ2v) is 6.91. The highest BCUT2D eigenvalue weighted by Crippen LogP contribution is 2.23. The maximum atomic E-state index is 12.1. The van der Waals surface area contributed by atoms with E-state index >= 15 is 0 Å². The summed E-state index contributed by atoms with van der Waals surface area (Å²) in [6.45, 7) is 0.0142. The summed E-state index contributed by atoms with van der Waals surface area (Å²) in [5.41, 5.74) is 6.41. The molecule has 0 spiro atoms. The Kier molecular flexibility index (Phi) is 5.23. The number of anilines is 1. The molecule has 7 heteroatoms. The molecule has 6 nitrogen and oxygen atoms in total. The fourth-order valence-corrected chi connectivity index (χ4v) is 2.90. The van der Waals surface area contributed by atoms with Crippen molar-refractivity contribution in [2.24, 2.45) is 5.73 Å². The summed E-state index contributed by atoms with van der Waals surface area (Å²) in [5, 5.41) is 0. The predicted molar refractivity (Wildman–Crippen MR) is 88.6 cm³/mol. The number of carbonyl (C=O) groups excluding carboxylic acids is 1. The lowest BCUT2D eigenvalue weighted by molar-refractivity contribution is -0.119. The van der Waals surface area contributed by atoms with Crippen molar-refractivity contribution in [1.82, 2.24) is 0 Å². The molecule has 0 aliphatic heterocycles. The third-order valence-electron chi connectivity index (χ3n) is 3.08. The minimum absolute atomic E-state index is 0.223. The van der Waals surface area contributed by atoms with E-state index in [-0.39, 0.29) is 13.2 Å². The topological polar surface area (TPSA) is 89.7 Å². The molecule has 2 aromatic carbocycles. The van der Waals surface area contributed by atoms with Gasteiger partial charge >= 0.3 is 0 Å². The van der Waals surface area contributed by atoms with Gasteiger partial charge in [-0.2, -0.15) is 0 Å². The van der Waals surface area contributed by atoms with Crippen LogP contribution in [0.15, 0.2) is 54.6 Å². The molecule has 2 rings (SSSR count). The number of hydrogen-bond acceptors (Lipinski definition) is 4. The summed E-state index contributed by atoms with van der Waals surface area (Å²) in [6, 6.07) is 15.8. The fourth-order valence-electron chi connectivity index (χ4n) is 2.01. The van der Waals surface area contributed by atoms with Gasteiger partial charge in [-0.3, -0.25) is 9.10 Å². The molecular weight excluding hydrogens is 316 g/mol. The van der Waals surface area contributed by atoms with Crippen molar-refractivity contribution in [1.29, 1.82) is 0 Å². The standard InChI is InChI=1S/C16H18N2O4S/c1-23(20,21)18(11-13-5-3-2-4-6-13)14-7-9-15(10-8-14)22-12-16(17)19/h2-10H,11-12H2,1H3,(H2,17,19). The molecule has 122 valence electrons. The van der Waals surface area contributed by atoms with Gasteiger partial charge in [-0.1, -0.05) is 30.3 Å². The van der Waals surface area contributed by atoms with E-state index in [1.807, 2.05) is 30.3 Å². The minimum atomic E-state index is -3.44. The van der Waals surface area contributed by atoms with Crippen LogP contribution < -0.4 is 14.8 Å². The van der Waals surface area contributed by atoms with Gasteiger partial charge in [0.1, 0.15) is 5.75 Å². The number of amides is 1. The molecule has 0 saturated heterocycles. The summed E-state index contributed by atoms with van der Waals surface area (Å²) in [5.74, 6) is -0.128. The average Bonchev–Trinajstić information content (AvgIpc) is 2.51. The lowest BCUT2D eigenvalue weighted by Crippen LogP contribution is -2.29. The first-order valence-corrected chi connectivity index (χ1v) is 8.74. The maximum absolute atomic E-state index is 12.1. The molecule has 0 heterocycles. The van der Waals surface area contributed by atoms with Crippen LogP contribution >= 0.6 is 0 Å². The molecule has 23 heavy (non-hydrogen) atoms. The highest BCUT2D eigenvalue weighted by Gasteiger charge is 2.17. The number of ether oxygens (including phenoxy) is 1. The molecule has 1 amide bonds. The van der Waals surface area contributed by atoms with Crippen molar-refractivity contribution < 1.29 is 17.9 Å². The largest absolute Gasteiger partial charge is 0.484 e. The van der Waals surface area contributed by atoms with Crippen LogP contribution in [-0.4, -0.2) is 27.2 Å². The number of carbonyl (C=O) groups is 1.